The highest BCUT2D eigenvalue weighted by Gasteiger charge is 2.25. The maximum Gasteiger partial charge on any atom is 0.0772 e. The maximum atomic E-state index is 5.61. The molecule has 3 rings (SSSR count). The molecule has 0 aromatic heterocycles. The molecule has 1 aliphatic rings. The van der Waals surface area contributed by atoms with Gasteiger partial charge in [0.1, 0.15) is 0 Å². The zero-order valence-corrected chi connectivity index (χ0v) is 17.8. The third-order valence-corrected chi connectivity index (χ3v) is 6.17. The standard InChI is InChI=1S/C24H35N3O/c1-20(24(2,3)28-4)25-18-21-10-8-9-11-22(21)19-26-14-16-27(17-15-26)23-12-6-5-7-13-23/h5-13,20,25H,14-19H2,1-4H3/t20-/m0/s1. The van der Waals surface area contributed by atoms with Crippen molar-refractivity contribution in [3.05, 3.63) is 65.7 Å². The highest BCUT2D eigenvalue weighted by atomic mass is 16.5. The van der Waals surface area contributed by atoms with E-state index in [-0.39, 0.29) is 11.6 Å². The third kappa shape index (κ3) is 5.34. The molecule has 0 unspecified atom stereocenters. The SMILES string of the molecule is COC(C)(C)[C@H](C)NCc1ccccc1CN1CCN(c2ccccc2)CC1. The summed E-state index contributed by atoms with van der Waals surface area (Å²) in [6.45, 7) is 12.7. The number of nitrogens with one attached hydrogen (secondary N) is 1. The minimum Gasteiger partial charge on any atom is -0.377 e. The van der Waals surface area contributed by atoms with Crippen LogP contribution in [-0.2, 0) is 17.8 Å². The van der Waals surface area contributed by atoms with Crippen LogP contribution in [0.3, 0.4) is 0 Å². The van der Waals surface area contributed by atoms with Gasteiger partial charge in [-0.1, -0.05) is 42.5 Å². The van der Waals surface area contributed by atoms with E-state index < -0.39 is 0 Å². The molecule has 0 saturated carbocycles. The predicted molar refractivity (Wildman–Crippen MR) is 118 cm³/mol. The van der Waals surface area contributed by atoms with Crippen molar-refractivity contribution in [2.24, 2.45) is 0 Å². The summed E-state index contributed by atoms with van der Waals surface area (Å²) in [7, 11) is 1.78. The van der Waals surface area contributed by atoms with Crippen molar-refractivity contribution >= 4 is 5.69 Å². The molecule has 1 saturated heterocycles. The van der Waals surface area contributed by atoms with Crippen LogP contribution in [0.2, 0.25) is 0 Å². The number of piperazine rings is 1. The summed E-state index contributed by atoms with van der Waals surface area (Å²) in [5.41, 5.74) is 3.96. The van der Waals surface area contributed by atoms with E-state index in [2.05, 4.69) is 90.5 Å². The van der Waals surface area contributed by atoms with Crippen molar-refractivity contribution in [3.8, 4) is 0 Å². The van der Waals surface area contributed by atoms with Crippen molar-refractivity contribution < 1.29 is 4.74 Å². The summed E-state index contributed by atoms with van der Waals surface area (Å²) in [6, 6.07) is 19.8. The van der Waals surface area contributed by atoms with Gasteiger partial charge in [0.15, 0.2) is 0 Å². The molecule has 4 heteroatoms. The van der Waals surface area contributed by atoms with Gasteiger partial charge < -0.3 is 15.0 Å². The lowest BCUT2D eigenvalue weighted by Gasteiger charge is -2.36. The lowest BCUT2D eigenvalue weighted by molar-refractivity contribution is -0.00547. The van der Waals surface area contributed by atoms with E-state index in [9.17, 15) is 0 Å². The molecule has 4 nitrogen and oxygen atoms in total. The number of hydrogen-bond acceptors (Lipinski definition) is 4. The normalized spacial score (nSPS) is 16.9. The van der Waals surface area contributed by atoms with Gasteiger partial charge in [-0.15, -0.1) is 0 Å². The molecule has 0 amide bonds. The van der Waals surface area contributed by atoms with Crippen LogP contribution in [0.1, 0.15) is 31.9 Å². The maximum absolute atomic E-state index is 5.61. The molecule has 0 radical (unpaired) electrons. The van der Waals surface area contributed by atoms with Gasteiger partial charge in [0.05, 0.1) is 5.60 Å². The van der Waals surface area contributed by atoms with Crippen LogP contribution in [0.25, 0.3) is 0 Å². The van der Waals surface area contributed by atoms with Gasteiger partial charge in [0.2, 0.25) is 0 Å². The quantitative estimate of drug-likeness (QED) is 0.750. The zero-order chi connectivity index (χ0) is 20.0. The zero-order valence-electron chi connectivity index (χ0n) is 17.8. The number of para-hydroxylation sites is 1. The molecule has 0 spiro atoms. The predicted octanol–water partition coefficient (Wildman–Crippen LogP) is 3.91. The largest absolute Gasteiger partial charge is 0.377 e. The summed E-state index contributed by atoms with van der Waals surface area (Å²) in [4.78, 5) is 5.05. The molecule has 1 aliphatic heterocycles. The Morgan fingerprint density at radius 1 is 0.929 bits per heavy atom. The molecule has 152 valence electrons. The van der Waals surface area contributed by atoms with E-state index in [1.807, 2.05) is 0 Å². The Labute approximate surface area is 170 Å². The molecule has 0 bridgehead atoms. The fourth-order valence-electron chi connectivity index (χ4n) is 3.61. The van der Waals surface area contributed by atoms with E-state index >= 15 is 0 Å². The summed E-state index contributed by atoms with van der Waals surface area (Å²) in [6.07, 6.45) is 0. The first kappa shape index (κ1) is 20.8. The molecule has 0 aliphatic carbocycles. The van der Waals surface area contributed by atoms with Crippen molar-refractivity contribution in [2.45, 2.75) is 45.5 Å². The number of anilines is 1. The Kier molecular flexibility index (Phi) is 7.11. The van der Waals surface area contributed by atoms with Gasteiger partial charge in [-0.05, 0) is 44.0 Å². The molecule has 28 heavy (non-hydrogen) atoms. The first-order chi connectivity index (χ1) is 13.5. The molecule has 2 aromatic carbocycles. The third-order valence-electron chi connectivity index (χ3n) is 6.17. The Hall–Kier alpha value is -1.88. The highest BCUT2D eigenvalue weighted by molar-refractivity contribution is 5.46. The number of rotatable bonds is 8. The van der Waals surface area contributed by atoms with E-state index in [0.717, 1.165) is 39.3 Å². The van der Waals surface area contributed by atoms with Crippen molar-refractivity contribution in [2.75, 3.05) is 38.2 Å². The highest BCUT2D eigenvalue weighted by Crippen LogP contribution is 2.19. The first-order valence-electron chi connectivity index (χ1n) is 10.4. The molecule has 1 N–H and O–H groups in total. The summed E-state index contributed by atoms with van der Waals surface area (Å²) < 4.78 is 5.61. The second-order valence-corrected chi connectivity index (χ2v) is 8.28. The van der Waals surface area contributed by atoms with Crippen LogP contribution in [0.15, 0.2) is 54.6 Å². The average molecular weight is 382 g/mol. The monoisotopic (exact) mass is 381 g/mol. The molecule has 1 fully saturated rings. The summed E-state index contributed by atoms with van der Waals surface area (Å²) in [5.74, 6) is 0. The van der Waals surface area contributed by atoms with E-state index in [0.29, 0.717) is 0 Å². The molecule has 1 atom stereocenters. The second kappa shape index (κ2) is 9.55. The van der Waals surface area contributed by atoms with Gasteiger partial charge in [0, 0.05) is 58.1 Å². The van der Waals surface area contributed by atoms with E-state index in [1.54, 1.807) is 7.11 Å². The second-order valence-electron chi connectivity index (χ2n) is 8.28. The van der Waals surface area contributed by atoms with Crippen LogP contribution in [0.5, 0.6) is 0 Å². The van der Waals surface area contributed by atoms with Crippen LogP contribution >= 0.6 is 0 Å². The Morgan fingerprint density at radius 3 is 2.18 bits per heavy atom. The van der Waals surface area contributed by atoms with Gasteiger partial charge in [-0.2, -0.15) is 0 Å². The van der Waals surface area contributed by atoms with Crippen molar-refractivity contribution in [1.29, 1.82) is 0 Å². The van der Waals surface area contributed by atoms with Gasteiger partial charge in [-0.25, -0.2) is 0 Å². The average Bonchev–Trinajstić information content (AvgIpc) is 2.74. The number of nitrogens with zero attached hydrogens (tertiary/aromatic N) is 2. The smallest absolute Gasteiger partial charge is 0.0772 e. The Morgan fingerprint density at radius 2 is 1.54 bits per heavy atom. The van der Waals surface area contributed by atoms with E-state index in [4.69, 9.17) is 4.74 Å². The van der Waals surface area contributed by atoms with Crippen LogP contribution in [0.4, 0.5) is 5.69 Å². The lowest BCUT2D eigenvalue weighted by Crippen LogP contribution is -2.46. The van der Waals surface area contributed by atoms with Crippen molar-refractivity contribution in [3.63, 3.8) is 0 Å². The minimum atomic E-state index is -0.178. The topological polar surface area (TPSA) is 27.7 Å². The fourth-order valence-corrected chi connectivity index (χ4v) is 3.61. The molecule has 1 heterocycles. The lowest BCUT2D eigenvalue weighted by atomic mass is 9.99. The Bertz CT molecular complexity index is 724. The van der Waals surface area contributed by atoms with Crippen LogP contribution in [-0.4, -0.2) is 49.8 Å². The minimum absolute atomic E-state index is 0.178. The van der Waals surface area contributed by atoms with Gasteiger partial charge in [-0.3, -0.25) is 4.90 Å². The van der Waals surface area contributed by atoms with Crippen LogP contribution < -0.4 is 10.2 Å². The van der Waals surface area contributed by atoms with Crippen molar-refractivity contribution in [1.82, 2.24) is 10.2 Å². The fraction of sp³-hybridized carbons (Fsp3) is 0.500. The van der Waals surface area contributed by atoms with Gasteiger partial charge in [0.25, 0.3) is 0 Å². The molecular formula is C24H35N3O. The number of hydrogen-bond donors (Lipinski definition) is 1. The molecular weight excluding hydrogens is 346 g/mol. The van der Waals surface area contributed by atoms with E-state index in [1.165, 1.54) is 16.8 Å². The first-order valence-corrected chi connectivity index (χ1v) is 10.4. The number of ether oxygens (including phenoxy) is 1. The molecule has 2 aromatic rings. The van der Waals surface area contributed by atoms with Crippen LogP contribution in [0, 0.1) is 0 Å². The number of methoxy groups -OCH3 is 1. The van der Waals surface area contributed by atoms with Gasteiger partial charge >= 0.3 is 0 Å². The number of benzene rings is 2. The Balaban J connectivity index is 1.55. The summed E-state index contributed by atoms with van der Waals surface area (Å²) >= 11 is 0. The summed E-state index contributed by atoms with van der Waals surface area (Å²) in [5, 5.41) is 3.64.